The third-order valence-electron chi connectivity index (χ3n) is 2.98. The Balaban J connectivity index is 2.87. The minimum absolute atomic E-state index is 0.0678. The van der Waals surface area contributed by atoms with Gasteiger partial charge >= 0.3 is 0 Å². The van der Waals surface area contributed by atoms with E-state index in [0.29, 0.717) is 13.2 Å². The van der Waals surface area contributed by atoms with Crippen molar-refractivity contribution in [1.29, 1.82) is 0 Å². The van der Waals surface area contributed by atoms with E-state index in [4.69, 9.17) is 21.7 Å². The zero-order valence-electron chi connectivity index (χ0n) is 12.3. The van der Waals surface area contributed by atoms with Crippen molar-refractivity contribution in [2.45, 2.75) is 39.2 Å². The van der Waals surface area contributed by atoms with Crippen LogP contribution in [0.1, 0.15) is 44.7 Å². The molecule has 0 radical (unpaired) electrons. The summed E-state index contributed by atoms with van der Waals surface area (Å²) in [6.07, 6.45) is 7.85. The average molecular weight is 276 g/mol. The predicted molar refractivity (Wildman–Crippen MR) is 81.5 cm³/mol. The first-order valence-electron chi connectivity index (χ1n) is 7.05. The first-order chi connectivity index (χ1) is 9.76. The van der Waals surface area contributed by atoms with E-state index in [1.54, 1.807) is 0 Å². The Bertz CT molecular complexity index is 441. The molecule has 3 N–H and O–H groups in total. The third kappa shape index (κ3) is 4.76. The number of rotatable bonds is 9. The zero-order valence-corrected chi connectivity index (χ0v) is 12.3. The highest BCUT2D eigenvalue weighted by atomic mass is 16.5. The number of nitrogens with two attached hydrogens (primary N) is 1. The van der Waals surface area contributed by atoms with Gasteiger partial charge in [0.25, 0.3) is 0 Å². The summed E-state index contributed by atoms with van der Waals surface area (Å²) < 4.78 is 11.2. The molecule has 0 heterocycles. The number of unbranched alkanes of at least 4 members (excludes halogenated alkanes) is 1. The van der Waals surface area contributed by atoms with Crippen LogP contribution in [0.5, 0.6) is 11.5 Å². The molecule has 1 aromatic carbocycles. The SMILES string of the molecule is C#CCCCC(NN)c1ccc(OCC)c(OCC)c1. The summed E-state index contributed by atoms with van der Waals surface area (Å²) in [5, 5.41) is 0. The second-order valence-electron chi connectivity index (χ2n) is 4.39. The molecular formula is C16H24N2O2. The van der Waals surface area contributed by atoms with Gasteiger partial charge in [-0.15, -0.1) is 12.3 Å². The Labute approximate surface area is 121 Å². The van der Waals surface area contributed by atoms with Gasteiger partial charge in [0.1, 0.15) is 0 Å². The standard InChI is InChI=1S/C16H24N2O2/c1-4-7-8-9-14(18-17)13-10-11-15(19-5-2)16(12-13)20-6-3/h1,10-12,14,18H,5-9,17H2,2-3H3. The Morgan fingerprint density at radius 3 is 2.55 bits per heavy atom. The molecule has 1 aromatic rings. The van der Waals surface area contributed by atoms with Crippen LogP contribution >= 0.6 is 0 Å². The predicted octanol–water partition coefficient (Wildman–Crippen LogP) is 2.79. The Morgan fingerprint density at radius 2 is 1.95 bits per heavy atom. The number of terminal acetylenes is 1. The molecule has 4 nitrogen and oxygen atoms in total. The highest BCUT2D eigenvalue weighted by Gasteiger charge is 2.13. The maximum atomic E-state index is 5.63. The number of nitrogens with one attached hydrogen (secondary N) is 1. The molecule has 0 saturated carbocycles. The van der Waals surface area contributed by atoms with E-state index in [-0.39, 0.29) is 6.04 Å². The molecule has 0 fully saturated rings. The first-order valence-corrected chi connectivity index (χ1v) is 7.05. The number of benzene rings is 1. The normalized spacial score (nSPS) is 11.7. The molecule has 0 aromatic heterocycles. The van der Waals surface area contributed by atoms with E-state index in [2.05, 4.69) is 11.3 Å². The smallest absolute Gasteiger partial charge is 0.161 e. The second kappa shape index (κ2) is 9.24. The van der Waals surface area contributed by atoms with Crippen LogP contribution in [-0.2, 0) is 0 Å². The minimum atomic E-state index is 0.0678. The van der Waals surface area contributed by atoms with Crippen LogP contribution in [0.3, 0.4) is 0 Å². The minimum Gasteiger partial charge on any atom is -0.490 e. The quantitative estimate of drug-likeness (QED) is 0.315. The lowest BCUT2D eigenvalue weighted by atomic mass is 10.0. The van der Waals surface area contributed by atoms with E-state index in [9.17, 15) is 0 Å². The number of hydrazine groups is 1. The van der Waals surface area contributed by atoms with E-state index < -0.39 is 0 Å². The second-order valence-corrected chi connectivity index (χ2v) is 4.39. The van der Waals surface area contributed by atoms with E-state index >= 15 is 0 Å². The summed E-state index contributed by atoms with van der Waals surface area (Å²) in [5.74, 6) is 9.79. The Morgan fingerprint density at radius 1 is 1.25 bits per heavy atom. The van der Waals surface area contributed by atoms with Crippen LogP contribution in [0.15, 0.2) is 18.2 Å². The molecule has 20 heavy (non-hydrogen) atoms. The van der Waals surface area contributed by atoms with Gasteiger partial charge in [0, 0.05) is 12.5 Å². The lowest BCUT2D eigenvalue weighted by Crippen LogP contribution is -2.28. The summed E-state index contributed by atoms with van der Waals surface area (Å²) >= 11 is 0. The molecule has 0 amide bonds. The van der Waals surface area contributed by atoms with Crippen molar-refractivity contribution < 1.29 is 9.47 Å². The van der Waals surface area contributed by atoms with Crippen LogP contribution in [0.4, 0.5) is 0 Å². The fourth-order valence-electron chi connectivity index (χ4n) is 2.04. The van der Waals surface area contributed by atoms with Gasteiger partial charge in [-0.05, 0) is 44.4 Å². The molecule has 0 aliphatic rings. The molecule has 110 valence electrons. The summed E-state index contributed by atoms with van der Waals surface area (Å²) in [6, 6.07) is 5.98. The highest BCUT2D eigenvalue weighted by Crippen LogP contribution is 2.31. The summed E-state index contributed by atoms with van der Waals surface area (Å²) in [7, 11) is 0. The molecule has 0 aliphatic heterocycles. The van der Waals surface area contributed by atoms with Crippen molar-refractivity contribution >= 4 is 0 Å². The maximum Gasteiger partial charge on any atom is 0.161 e. The topological polar surface area (TPSA) is 56.5 Å². The molecule has 0 aliphatic carbocycles. The lowest BCUT2D eigenvalue weighted by molar-refractivity contribution is 0.287. The summed E-state index contributed by atoms with van der Waals surface area (Å²) in [4.78, 5) is 0. The maximum absolute atomic E-state index is 5.63. The number of hydrogen-bond donors (Lipinski definition) is 2. The van der Waals surface area contributed by atoms with Gasteiger partial charge in [0.15, 0.2) is 11.5 Å². The van der Waals surface area contributed by atoms with Gasteiger partial charge in [0.05, 0.1) is 13.2 Å². The fourth-order valence-corrected chi connectivity index (χ4v) is 2.04. The molecule has 1 unspecified atom stereocenters. The van der Waals surface area contributed by atoms with Crippen molar-refractivity contribution in [2.24, 2.45) is 5.84 Å². The molecule has 4 heteroatoms. The van der Waals surface area contributed by atoms with Gasteiger partial charge in [-0.3, -0.25) is 11.3 Å². The Hall–Kier alpha value is -1.70. The van der Waals surface area contributed by atoms with Crippen LogP contribution in [0.2, 0.25) is 0 Å². The molecule has 0 bridgehead atoms. The van der Waals surface area contributed by atoms with Gasteiger partial charge < -0.3 is 9.47 Å². The summed E-state index contributed by atoms with van der Waals surface area (Å²) in [6.45, 7) is 5.11. The molecule has 1 atom stereocenters. The highest BCUT2D eigenvalue weighted by molar-refractivity contribution is 5.44. The number of hydrogen-bond acceptors (Lipinski definition) is 4. The Kier molecular flexibility index (Phi) is 7.56. The van der Waals surface area contributed by atoms with E-state index in [1.807, 2.05) is 32.0 Å². The van der Waals surface area contributed by atoms with Crippen molar-refractivity contribution in [1.82, 2.24) is 5.43 Å². The van der Waals surface area contributed by atoms with Crippen molar-refractivity contribution in [3.63, 3.8) is 0 Å². The van der Waals surface area contributed by atoms with Crippen LogP contribution in [0.25, 0.3) is 0 Å². The van der Waals surface area contributed by atoms with Crippen molar-refractivity contribution in [3.8, 4) is 23.8 Å². The first kappa shape index (κ1) is 16.4. The lowest BCUT2D eigenvalue weighted by Gasteiger charge is -2.18. The molecule has 1 rings (SSSR count). The van der Waals surface area contributed by atoms with E-state index in [1.165, 1.54) is 0 Å². The monoisotopic (exact) mass is 276 g/mol. The van der Waals surface area contributed by atoms with Crippen LogP contribution in [-0.4, -0.2) is 13.2 Å². The largest absolute Gasteiger partial charge is 0.490 e. The van der Waals surface area contributed by atoms with Crippen molar-refractivity contribution in [3.05, 3.63) is 23.8 Å². The van der Waals surface area contributed by atoms with Crippen LogP contribution in [0, 0.1) is 12.3 Å². The van der Waals surface area contributed by atoms with Crippen LogP contribution < -0.4 is 20.7 Å². The molecule has 0 saturated heterocycles. The fraction of sp³-hybridized carbons (Fsp3) is 0.500. The van der Waals surface area contributed by atoms with Crippen molar-refractivity contribution in [2.75, 3.05) is 13.2 Å². The van der Waals surface area contributed by atoms with E-state index in [0.717, 1.165) is 36.3 Å². The average Bonchev–Trinajstić information content (AvgIpc) is 2.46. The van der Waals surface area contributed by atoms with Gasteiger partial charge in [0.2, 0.25) is 0 Å². The van der Waals surface area contributed by atoms with Gasteiger partial charge in [-0.1, -0.05) is 6.07 Å². The molecule has 0 spiro atoms. The van der Waals surface area contributed by atoms with Gasteiger partial charge in [-0.2, -0.15) is 0 Å². The zero-order chi connectivity index (χ0) is 14.8. The third-order valence-corrected chi connectivity index (χ3v) is 2.98. The molecular weight excluding hydrogens is 252 g/mol. The number of ether oxygens (including phenoxy) is 2. The van der Waals surface area contributed by atoms with Gasteiger partial charge in [-0.25, -0.2) is 0 Å². The summed E-state index contributed by atoms with van der Waals surface area (Å²) in [5.41, 5.74) is 3.91.